The highest BCUT2D eigenvalue weighted by atomic mass is 32.2. The third kappa shape index (κ3) is 3.42. The van der Waals surface area contributed by atoms with Crippen LogP contribution in [0.25, 0.3) is 11.0 Å². The number of hydrogen-bond acceptors (Lipinski definition) is 7. The smallest absolute Gasteiger partial charge is 0.243 e. The molecule has 3 rings (SSSR count). The molecule has 0 saturated heterocycles. The quantitative estimate of drug-likeness (QED) is 0.676. The number of carbonyl (C=O) groups is 1. The van der Waals surface area contributed by atoms with Gasteiger partial charge in [0.2, 0.25) is 10.0 Å². The molecule has 0 unspecified atom stereocenters. The van der Waals surface area contributed by atoms with E-state index in [1.807, 2.05) is 0 Å². The number of fused-ring (bicyclic) bond motifs is 1. The molecule has 1 heterocycles. The molecule has 0 aliphatic carbocycles. The lowest BCUT2D eigenvalue weighted by molar-refractivity contribution is -0.307. The van der Waals surface area contributed by atoms with Gasteiger partial charge >= 0.3 is 0 Å². The molecule has 0 aliphatic heterocycles. The Morgan fingerprint density at radius 3 is 2.58 bits per heavy atom. The normalized spacial score (nSPS) is 13.0. The van der Waals surface area contributed by atoms with Gasteiger partial charge in [-0.25, -0.2) is 13.1 Å². The number of rotatable bonds is 6. The van der Waals surface area contributed by atoms with Gasteiger partial charge in [0.1, 0.15) is 15.9 Å². The molecule has 0 radical (unpaired) electrons. The molecule has 2 aromatic carbocycles. The van der Waals surface area contributed by atoms with E-state index in [-0.39, 0.29) is 16.8 Å². The summed E-state index contributed by atoms with van der Waals surface area (Å²) in [6.45, 7) is 0. The van der Waals surface area contributed by atoms with Crippen molar-refractivity contribution in [1.29, 1.82) is 0 Å². The third-order valence-corrected chi connectivity index (χ3v) is 5.45. The Kier molecular flexibility index (Phi) is 4.56. The van der Waals surface area contributed by atoms with Crippen molar-refractivity contribution in [3.63, 3.8) is 0 Å². The van der Waals surface area contributed by atoms with E-state index in [1.165, 1.54) is 12.1 Å². The van der Waals surface area contributed by atoms with E-state index in [1.54, 1.807) is 36.4 Å². The SMILES string of the molecule is O=C([O-])[C@H](Cc1ccccc1)NS(=O)(=O)c1cccc2nsnc12. The Hall–Kier alpha value is -2.36. The van der Waals surface area contributed by atoms with Crippen molar-refractivity contribution in [2.75, 3.05) is 0 Å². The van der Waals surface area contributed by atoms with Crippen LogP contribution in [0.2, 0.25) is 0 Å². The lowest BCUT2D eigenvalue weighted by Crippen LogP contribution is -2.49. The van der Waals surface area contributed by atoms with Gasteiger partial charge in [-0.2, -0.15) is 8.75 Å². The van der Waals surface area contributed by atoms with Crippen LogP contribution in [0.5, 0.6) is 0 Å². The molecule has 0 saturated carbocycles. The van der Waals surface area contributed by atoms with Gasteiger partial charge < -0.3 is 9.90 Å². The molecular weight excluding hydrogens is 350 g/mol. The highest BCUT2D eigenvalue weighted by Crippen LogP contribution is 2.21. The standard InChI is InChI=1S/C15H13N3O4S2/c19-15(20)12(9-10-5-2-1-3-6-10)18-24(21,22)13-8-4-7-11-14(13)17-23-16-11/h1-8,12,18H,9H2,(H,19,20)/p-1/t12-/m0/s1. The zero-order valence-corrected chi connectivity index (χ0v) is 13.9. The Morgan fingerprint density at radius 1 is 1.12 bits per heavy atom. The van der Waals surface area contributed by atoms with E-state index in [4.69, 9.17) is 0 Å². The second-order valence-corrected chi connectivity index (χ2v) is 7.28. The molecular formula is C15H12N3O4S2-. The van der Waals surface area contributed by atoms with Gasteiger partial charge in [-0.05, 0) is 24.1 Å². The molecule has 0 amide bonds. The number of nitrogens with zero attached hydrogens (tertiary/aromatic N) is 2. The highest BCUT2D eigenvalue weighted by Gasteiger charge is 2.24. The maximum atomic E-state index is 12.6. The number of carbonyl (C=O) groups excluding carboxylic acids is 1. The maximum absolute atomic E-state index is 12.6. The molecule has 0 fully saturated rings. The van der Waals surface area contributed by atoms with Crippen molar-refractivity contribution in [3.05, 3.63) is 54.1 Å². The van der Waals surface area contributed by atoms with Crippen molar-refractivity contribution in [1.82, 2.24) is 13.5 Å². The minimum absolute atomic E-state index is 0.0201. The zero-order chi connectivity index (χ0) is 17.2. The minimum atomic E-state index is -4.09. The van der Waals surface area contributed by atoms with Crippen molar-refractivity contribution in [2.45, 2.75) is 17.4 Å². The van der Waals surface area contributed by atoms with Crippen LogP contribution in [-0.2, 0) is 21.2 Å². The molecule has 0 aliphatic rings. The van der Waals surface area contributed by atoms with E-state index in [0.29, 0.717) is 11.1 Å². The molecule has 0 spiro atoms. The van der Waals surface area contributed by atoms with Crippen LogP contribution in [0.3, 0.4) is 0 Å². The monoisotopic (exact) mass is 362 g/mol. The van der Waals surface area contributed by atoms with Gasteiger partial charge in [0, 0.05) is 0 Å². The minimum Gasteiger partial charge on any atom is -0.548 e. The lowest BCUT2D eigenvalue weighted by Gasteiger charge is -2.20. The van der Waals surface area contributed by atoms with Gasteiger partial charge in [-0.3, -0.25) is 0 Å². The van der Waals surface area contributed by atoms with E-state index in [0.717, 1.165) is 11.7 Å². The van der Waals surface area contributed by atoms with E-state index < -0.39 is 22.0 Å². The number of nitrogens with one attached hydrogen (secondary N) is 1. The van der Waals surface area contributed by atoms with Crippen LogP contribution in [0.4, 0.5) is 0 Å². The van der Waals surface area contributed by atoms with E-state index in [9.17, 15) is 18.3 Å². The fourth-order valence-electron chi connectivity index (χ4n) is 2.27. The molecule has 0 bridgehead atoms. The Balaban J connectivity index is 1.91. The molecule has 124 valence electrons. The van der Waals surface area contributed by atoms with Crippen molar-refractivity contribution in [2.24, 2.45) is 0 Å². The fraction of sp³-hybridized carbons (Fsp3) is 0.133. The first kappa shape index (κ1) is 16.5. The van der Waals surface area contributed by atoms with Crippen LogP contribution in [0, 0.1) is 0 Å². The van der Waals surface area contributed by atoms with Gasteiger partial charge in [-0.1, -0.05) is 36.4 Å². The molecule has 1 aromatic heterocycles. The van der Waals surface area contributed by atoms with Crippen LogP contribution >= 0.6 is 11.7 Å². The summed E-state index contributed by atoms with van der Waals surface area (Å²) in [5, 5.41) is 11.4. The third-order valence-electron chi connectivity index (χ3n) is 3.40. The molecule has 1 atom stereocenters. The summed E-state index contributed by atoms with van der Waals surface area (Å²) in [7, 11) is -4.09. The van der Waals surface area contributed by atoms with Gasteiger partial charge in [0.05, 0.1) is 23.7 Å². The summed E-state index contributed by atoms with van der Waals surface area (Å²) in [5.74, 6) is -1.49. The number of hydrogen-bond donors (Lipinski definition) is 1. The molecule has 7 nitrogen and oxygen atoms in total. The van der Waals surface area contributed by atoms with E-state index in [2.05, 4.69) is 13.5 Å². The molecule has 9 heteroatoms. The fourth-order valence-corrected chi connectivity index (χ4v) is 4.22. The number of benzene rings is 2. The van der Waals surface area contributed by atoms with Gasteiger partial charge in [0.25, 0.3) is 0 Å². The number of aliphatic carboxylic acids is 1. The van der Waals surface area contributed by atoms with Crippen LogP contribution in [-0.4, -0.2) is 29.2 Å². The van der Waals surface area contributed by atoms with Gasteiger partial charge in [0.15, 0.2) is 0 Å². The lowest BCUT2D eigenvalue weighted by atomic mass is 10.1. The molecule has 24 heavy (non-hydrogen) atoms. The topological polar surface area (TPSA) is 112 Å². The predicted molar refractivity (Wildman–Crippen MR) is 86.7 cm³/mol. The largest absolute Gasteiger partial charge is 0.548 e. The van der Waals surface area contributed by atoms with Crippen LogP contribution < -0.4 is 9.83 Å². The first-order valence-corrected chi connectivity index (χ1v) is 9.17. The maximum Gasteiger partial charge on any atom is 0.243 e. The van der Waals surface area contributed by atoms with Crippen molar-refractivity contribution in [3.8, 4) is 0 Å². The molecule has 3 aromatic rings. The Labute approximate surface area is 142 Å². The highest BCUT2D eigenvalue weighted by molar-refractivity contribution is 7.89. The number of aromatic nitrogens is 2. The predicted octanol–water partition coefficient (Wildman–Crippen LogP) is 0.331. The van der Waals surface area contributed by atoms with Crippen molar-refractivity contribution < 1.29 is 18.3 Å². The number of sulfonamides is 1. The Bertz CT molecular complexity index is 971. The summed E-state index contributed by atoms with van der Waals surface area (Å²) in [4.78, 5) is 11.3. The van der Waals surface area contributed by atoms with Crippen molar-refractivity contribution >= 4 is 38.8 Å². The van der Waals surface area contributed by atoms with Crippen LogP contribution in [0.1, 0.15) is 5.56 Å². The second kappa shape index (κ2) is 6.63. The summed E-state index contributed by atoms with van der Waals surface area (Å²) in [6.07, 6.45) is -0.0201. The first-order chi connectivity index (χ1) is 11.5. The summed E-state index contributed by atoms with van der Waals surface area (Å²) >= 11 is 0.890. The van der Waals surface area contributed by atoms with Gasteiger partial charge in [-0.15, -0.1) is 0 Å². The second-order valence-electron chi connectivity index (χ2n) is 5.07. The van der Waals surface area contributed by atoms with E-state index >= 15 is 0 Å². The first-order valence-electron chi connectivity index (χ1n) is 6.96. The zero-order valence-electron chi connectivity index (χ0n) is 12.2. The number of carboxylic acid groups (broad SMARTS) is 1. The Morgan fingerprint density at radius 2 is 1.88 bits per heavy atom. The van der Waals surface area contributed by atoms with Crippen LogP contribution in [0.15, 0.2) is 53.4 Å². The summed E-state index contributed by atoms with van der Waals surface area (Å²) < 4.78 is 35.3. The number of carboxylic acids is 1. The average Bonchev–Trinajstić information content (AvgIpc) is 3.03. The summed E-state index contributed by atoms with van der Waals surface area (Å²) in [5.41, 5.74) is 1.34. The summed E-state index contributed by atoms with van der Waals surface area (Å²) in [6, 6.07) is 11.9. The average molecular weight is 362 g/mol. The molecule has 1 N–H and O–H groups in total.